The molecule has 0 atom stereocenters. The zero-order chi connectivity index (χ0) is 10.1. The van der Waals surface area contributed by atoms with Gasteiger partial charge in [-0.3, -0.25) is 11.8 Å². The summed E-state index contributed by atoms with van der Waals surface area (Å²) >= 11 is 0. The second-order valence-electron chi connectivity index (χ2n) is 3.30. The van der Waals surface area contributed by atoms with Gasteiger partial charge in [0.2, 0.25) is 0 Å². The molecule has 1 heterocycles. The van der Waals surface area contributed by atoms with Crippen LogP contribution in [0.2, 0.25) is 0 Å². The zero-order valence-corrected chi connectivity index (χ0v) is 40.0. The predicted molar refractivity (Wildman–Crippen MR) is 68.5 cm³/mol. The number of rotatable bonds is 1. The molecule has 17 heteroatoms. The molecule has 0 aliphatic carbocycles. The molecule has 1 aromatic carbocycles. The number of pyridine rings is 1. The molecule has 0 saturated heterocycles. The molecule has 0 saturated carbocycles. The normalized spacial score (nSPS) is 4.72. The van der Waals surface area contributed by atoms with Gasteiger partial charge in [0.1, 0.15) is 0 Å². The Hall–Kier alpha value is 8.72. The Labute approximate surface area is 407 Å². The molecular formula is C15H16ArIrNV14-4. The van der Waals surface area contributed by atoms with E-state index in [0.29, 0.717) is 6.42 Å². The fourth-order valence-corrected chi connectivity index (χ4v) is 1.28. The molecule has 32 heavy (non-hydrogen) atoms. The van der Waals surface area contributed by atoms with Gasteiger partial charge in [0, 0.05) is 298 Å². The van der Waals surface area contributed by atoms with Gasteiger partial charge in [-0.1, -0.05) is 6.92 Å². The van der Waals surface area contributed by atoms with Gasteiger partial charge in [-0.2, -0.15) is 12.1 Å². The maximum atomic E-state index is 4.10. The molecular weight excluding hydrogens is 1140 g/mol. The molecule has 0 N–H and O–H groups in total. The second-order valence-corrected chi connectivity index (χ2v) is 3.30. The van der Waals surface area contributed by atoms with Crippen molar-refractivity contribution in [1.82, 2.24) is 4.98 Å². The molecule has 1 nitrogen and oxygen atoms in total. The Morgan fingerprint density at radius 1 is 0.594 bits per heavy atom. The smallest absolute Gasteiger partial charge is 0.565 e. The summed E-state index contributed by atoms with van der Waals surface area (Å²) in [4.78, 5) is 4.10. The largest absolute Gasteiger partial charge is 3.00 e. The number of nitrogens with zero attached hydrogens (tertiary/aromatic N) is 1. The third-order valence-corrected chi connectivity index (χ3v) is 2.25. The number of hydrogen-bond donors (Lipinski definition) is 0. The van der Waals surface area contributed by atoms with Crippen molar-refractivity contribution in [3.05, 3.63) is 63.0 Å². The summed E-state index contributed by atoms with van der Waals surface area (Å²) in [7, 11) is 0. The molecule has 0 spiro atoms. The van der Waals surface area contributed by atoms with E-state index in [-0.39, 0.29) is 332 Å². The van der Waals surface area contributed by atoms with Crippen LogP contribution in [0.25, 0.3) is 10.8 Å². The van der Waals surface area contributed by atoms with Crippen LogP contribution < -0.4 is 0 Å². The van der Waals surface area contributed by atoms with Gasteiger partial charge < -0.3 is 61.3 Å². The van der Waals surface area contributed by atoms with Gasteiger partial charge in [0.15, 0.2) is 0 Å². The minimum atomic E-state index is 0. The van der Waals surface area contributed by atoms with E-state index >= 15 is 0 Å². The van der Waals surface area contributed by atoms with Crippen LogP contribution in [0.3, 0.4) is 0 Å². The predicted octanol–water partition coefficient (Wildman–Crippen LogP) is 3.29. The standard InChI is InChI=1S/C13H10N.2CH3.Ar.Ir.14V/c1-4-13-7-11-5-9(2)10(3)6-12(11)8-14-13;;;;;;;;;;;;;;;;;;/h1,4H2,2-3H3;2*1H3;;;;;;;;;;;;;;;;/q-5;2*-1;;+3;;;;;;;;;;;;;;. The van der Waals surface area contributed by atoms with Gasteiger partial charge in [-0.05, 0) is 0 Å². The summed E-state index contributed by atoms with van der Waals surface area (Å²) in [5, 5.41) is 1.76. The molecule has 2 aromatic rings. The molecule has 0 bridgehead atoms. The van der Waals surface area contributed by atoms with Gasteiger partial charge in [-0.25, -0.2) is 0 Å². The summed E-state index contributed by atoms with van der Waals surface area (Å²) in [6.07, 6.45) is 3.56. The first-order valence-electron chi connectivity index (χ1n) is 4.55. The Bertz CT molecular complexity index is 515. The number of benzene rings is 1. The van der Waals surface area contributed by atoms with E-state index in [0.717, 1.165) is 27.6 Å². The SMILES string of the molecule is [Ar].[CH2-]Cc1[c-]c2[c-]c(C)c(C)[c-]c2[c-]n1.[CH3-].[CH3-].[Ir+3].[V].[V].[V].[V].[V].[V].[V].[V].[V].[V].[V].[V].[V].[V]. The Morgan fingerprint density at radius 2 is 0.875 bits per heavy atom. The van der Waals surface area contributed by atoms with E-state index in [4.69, 9.17) is 0 Å². The Kier molecular flexibility index (Phi) is 241. The van der Waals surface area contributed by atoms with E-state index in [1.165, 1.54) is 0 Å². The third-order valence-electron chi connectivity index (χ3n) is 2.25. The van der Waals surface area contributed by atoms with Gasteiger partial charge in [-0.15, -0.1) is 6.92 Å². The second kappa shape index (κ2) is 67.4. The van der Waals surface area contributed by atoms with Crippen LogP contribution in [0.1, 0.15) is 16.8 Å². The summed E-state index contributed by atoms with van der Waals surface area (Å²) in [5.74, 6) is 0. The van der Waals surface area contributed by atoms with E-state index in [1.54, 1.807) is 0 Å². The van der Waals surface area contributed by atoms with Crippen LogP contribution in [0.4, 0.5) is 0 Å². The van der Waals surface area contributed by atoms with Gasteiger partial charge >= 0.3 is 20.1 Å². The van der Waals surface area contributed by atoms with Crippen LogP contribution >= 0.6 is 0 Å². The van der Waals surface area contributed by atoms with Crippen molar-refractivity contribution < 1.29 is 318 Å². The molecule has 1 aromatic heterocycles. The van der Waals surface area contributed by atoms with Gasteiger partial charge in [0.25, 0.3) is 0 Å². The number of aryl methyl sites for hydroxylation is 2. The minimum absolute atomic E-state index is 0. The number of aromatic nitrogens is 1. The minimum Gasteiger partial charge on any atom is -0.565 e. The molecule has 0 aliphatic rings. The molecule has 0 unspecified atom stereocenters. The average molecular weight is 1160 g/mol. The third kappa shape index (κ3) is 43.2. The number of hydrogen-bond acceptors (Lipinski definition) is 1. The van der Waals surface area contributed by atoms with Crippen molar-refractivity contribution in [2.24, 2.45) is 0 Å². The topological polar surface area (TPSA) is 12.9 Å². The first-order valence-corrected chi connectivity index (χ1v) is 4.55. The molecule has 14 radical (unpaired) electrons. The van der Waals surface area contributed by atoms with Crippen LogP contribution in [0.5, 0.6) is 0 Å². The van der Waals surface area contributed by atoms with Crippen molar-refractivity contribution in [1.29, 1.82) is 0 Å². The van der Waals surface area contributed by atoms with Crippen LogP contribution in [-0.4, -0.2) is 4.98 Å². The van der Waals surface area contributed by atoms with Crippen LogP contribution in [-0.2, 0) is 286 Å². The molecule has 0 fully saturated rings. The van der Waals surface area contributed by atoms with Crippen molar-refractivity contribution in [2.75, 3.05) is 0 Å². The van der Waals surface area contributed by atoms with Crippen molar-refractivity contribution in [3.63, 3.8) is 0 Å². The van der Waals surface area contributed by atoms with E-state index in [9.17, 15) is 0 Å². The van der Waals surface area contributed by atoms with E-state index in [2.05, 4.69) is 36.3 Å². The fourth-order valence-electron chi connectivity index (χ4n) is 1.28. The van der Waals surface area contributed by atoms with Crippen molar-refractivity contribution in [3.8, 4) is 0 Å². The zero-order valence-electron chi connectivity index (χ0n) is 17.3. The molecule has 2 rings (SSSR count). The maximum Gasteiger partial charge on any atom is 3.00 e. The van der Waals surface area contributed by atoms with Crippen LogP contribution in [0.15, 0.2) is 0 Å². The van der Waals surface area contributed by atoms with E-state index < -0.39 is 0 Å². The van der Waals surface area contributed by atoms with Crippen LogP contribution in [0, 0.1) is 97.8 Å². The summed E-state index contributed by atoms with van der Waals surface area (Å²) in [5.41, 5.74) is 3.01. The first-order chi connectivity index (χ1) is 6.70. The fraction of sp³-hybridized carbons (Fsp3) is 0.200. The molecule has 0 amide bonds. The van der Waals surface area contributed by atoms with E-state index in [1.807, 2.05) is 13.8 Å². The van der Waals surface area contributed by atoms with Crippen molar-refractivity contribution in [2.45, 2.75) is 20.3 Å². The Balaban J connectivity index is -0.00000000833. The summed E-state index contributed by atoms with van der Waals surface area (Å²) in [6, 6.07) is 9.61. The van der Waals surface area contributed by atoms with Crippen molar-refractivity contribution >= 4 is 10.8 Å². The monoisotopic (exact) mass is 1160 g/mol. The average Bonchev–Trinajstić information content (AvgIpc) is 2.19. The molecule has 0 aliphatic heterocycles. The quantitative estimate of drug-likeness (QED) is 0.401. The summed E-state index contributed by atoms with van der Waals surface area (Å²) < 4.78 is 0. The number of fused-ring (bicyclic) bond motifs is 1. The van der Waals surface area contributed by atoms with Gasteiger partial charge in [0.05, 0.1) is 0 Å². The summed E-state index contributed by atoms with van der Waals surface area (Å²) in [6.45, 7) is 7.79. The first kappa shape index (κ1) is 114. The maximum absolute atomic E-state index is 4.10. The molecule has 172 valence electrons. The Morgan fingerprint density at radius 3 is 1.16 bits per heavy atom.